The summed E-state index contributed by atoms with van der Waals surface area (Å²) in [5.74, 6) is 0.148. The van der Waals surface area contributed by atoms with Gasteiger partial charge in [-0.25, -0.2) is 14.8 Å². The summed E-state index contributed by atoms with van der Waals surface area (Å²) in [7, 11) is 0. The van der Waals surface area contributed by atoms with Crippen molar-refractivity contribution < 1.29 is 9.90 Å². The van der Waals surface area contributed by atoms with Crippen LogP contribution < -0.4 is 0 Å². The fourth-order valence-corrected chi connectivity index (χ4v) is 3.02. The van der Waals surface area contributed by atoms with E-state index in [0.717, 1.165) is 18.5 Å². The lowest BCUT2D eigenvalue weighted by Gasteiger charge is -2.22. The lowest BCUT2D eigenvalue weighted by atomic mass is 9.85. The summed E-state index contributed by atoms with van der Waals surface area (Å²) in [6, 6.07) is 0. The maximum Gasteiger partial charge on any atom is 0.338 e. The van der Waals surface area contributed by atoms with Crippen LogP contribution in [0.1, 0.15) is 59.9 Å². The highest BCUT2D eigenvalue weighted by Gasteiger charge is 2.24. The summed E-state index contributed by atoms with van der Waals surface area (Å²) in [5, 5.41) is 9.99. The first kappa shape index (κ1) is 12.1. The van der Waals surface area contributed by atoms with Gasteiger partial charge >= 0.3 is 5.97 Å². The third-order valence-electron chi connectivity index (χ3n) is 3.89. The number of aromatic nitrogens is 3. The van der Waals surface area contributed by atoms with Crippen LogP contribution in [0.15, 0.2) is 6.20 Å². The van der Waals surface area contributed by atoms with Crippen molar-refractivity contribution in [2.75, 3.05) is 0 Å². The van der Waals surface area contributed by atoms with Crippen molar-refractivity contribution in [3.05, 3.63) is 23.3 Å². The number of hydrogen-bond donors (Lipinski definition) is 2. The molecule has 0 amide bonds. The molecule has 5 heteroatoms. The van der Waals surface area contributed by atoms with Crippen molar-refractivity contribution in [1.82, 2.24) is 15.0 Å². The van der Waals surface area contributed by atoms with Crippen molar-refractivity contribution >= 4 is 17.0 Å². The van der Waals surface area contributed by atoms with E-state index in [-0.39, 0.29) is 5.56 Å². The summed E-state index contributed by atoms with van der Waals surface area (Å²) in [4.78, 5) is 23.1. The van der Waals surface area contributed by atoms with Crippen LogP contribution in [0, 0.1) is 6.92 Å². The molecular weight excluding hydrogens is 242 g/mol. The van der Waals surface area contributed by atoms with Gasteiger partial charge in [0.2, 0.25) is 0 Å². The van der Waals surface area contributed by atoms with Crippen LogP contribution in [-0.2, 0) is 0 Å². The Labute approximate surface area is 111 Å². The molecule has 2 aromatic heterocycles. The van der Waals surface area contributed by atoms with Gasteiger partial charge in [0.1, 0.15) is 11.5 Å². The van der Waals surface area contributed by atoms with Gasteiger partial charge in [-0.3, -0.25) is 0 Å². The van der Waals surface area contributed by atoms with Crippen LogP contribution >= 0.6 is 0 Å². The molecule has 1 aliphatic rings. The highest BCUT2D eigenvalue weighted by atomic mass is 16.4. The first-order chi connectivity index (χ1) is 9.16. The molecule has 19 heavy (non-hydrogen) atoms. The Morgan fingerprint density at radius 3 is 2.74 bits per heavy atom. The van der Waals surface area contributed by atoms with Gasteiger partial charge in [0, 0.05) is 12.1 Å². The highest BCUT2D eigenvalue weighted by Crippen LogP contribution is 2.36. The fourth-order valence-electron chi connectivity index (χ4n) is 3.02. The third-order valence-corrected chi connectivity index (χ3v) is 3.89. The predicted octanol–water partition coefficient (Wildman–Crippen LogP) is 3.01. The Morgan fingerprint density at radius 2 is 2.05 bits per heavy atom. The second kappa shape index (κ2) is 4.64. The normalized spacial score (nSPS) is 16.9. The molecule has 0 radical (unpaired) electrons. The van der Waals surface area contributed by atoms with Crippen LogP contribution in [0.3, 0.4) is 0 Å². The molecule has 100 valence electrons. The van der Waals surface area contributed by atoms with Crippen LogP contribution in [0.2, 0.25) is 0 Å². The van der Waals surface area contributed by atoms with Gasteiger partial charge in [0.15, 0.2) is 0 Å². The summed E-state index contributed by atoms with van der Waals surface area (Å²) in [5.41, 5.74) is 1.85. The Kier molecular flexibility index (Phi) is 2.97. The molecule has 5 nitrogen and oxygen atoms in total. The van der Waals surface area contributed by atoms with Crippen LogP contribution in [0.25, 0.3) is 11.0 Å². The Bertz CT molecular complexity index is 627. The number of nitrogens with zero attached hydrogens (tertiary/aromatic N) is 2. The summed E-state index contributed by atoms with van der Waals surface area (Å²) in [6.45, 7) is 1.85. The topological polar surface area (TPSA) is 78.9 Å². The minimum Gasteiger partial charge on any atom is -0.478 e. The van der Waals surface area contributed by atoms with E-state index in [9.17, 15) is 9.90 Å². The zero-order valence-electron chi connectivity index (χ0n) is 10.9. The molecule has 3 rings (SSSR count). The number of H-pyrrole nitrogens is 1. The van der Waals surface area contributed by atoms with Crippen molar-refractivity contribution in [2.45, 2.75) is 44.9 Å². The molecule has 2 N–H and O–H groups in total. The average molecular weight is 259 g/mol. The number of hydrogen-bond acceptors (Lipinski definition) is 3. The van der Waals surface area contributed by atoms with Gasteiger partial charge in [0.25, 0.3) is 0 Å². The van der Waals surface area contributed by atoms with Crippen molar-refractivity contribution in [3.63, 3.8) is 0 Å². The van der Waals surface area contributed by atoms with E-state index in [1.807, 2.05) is 6.92 Å². The first-order valence-corrected chi connectivity index (χ1v) is 6.75. The van der Waals surface area contributed by atoms with Crippen LogP contribution in [0.5, 0.6) is 0 Å². The predicted molar refractivity (Wildman–Crippen MR) is 71.4 cm³/mol. The largest absolute Gasteiger partial charge is 0.478 e. The number of aryl methyl sites for hydroxylation is 1. The van der Waals surface area contributed by atoms with Crippen molar-refractivity contribution in [2.24, 2.45) is 0 Å². The standard InChI is InChI=1S/C14H17N3O2/c1-8-16-12(9-5-3-2-4-6-9)11-10(14(18)19)7-15-13(11)17-8/h7,9H,2-6H2,1H3,(H,18,19)(H,15,16,17). The molecule has 0 aromatic carbocycles. The molecular formula is C14H17N3O2. The molecule has 0 unspecified atom stereocenters. The number of rotatable bonds is 2. The van der Waals surface area contributed by atoms with Gasteiger partial charge in [-0.1, -0.05) is 19.3 Å². The van der Waals surface area contributed by atoms with Crippen molar-refractivity contribution in [1.29, 1.82) is 0 Å². The van der Waals surface area contributed by atoms with Crippen LogP contribution in [-0.4, -0.2) is 26.0 Å². The number of carboxylic acids is 1. The number of fused-ring (bicyclic) bond motifs is 1. The lowest BCUT2D eigenvalue weighted by Crippen LogP contribution is -2.10. The van der Waals surface area contributed by atoms with E-state index in [0.29, 0.717) is 22.8 Å². The Morgan fingerprint density at radius 1 is 1.32 bits per heavy atom. The van der Waals surface area contributed by atoms with E-state index in [1.165, 1.54) is 25.5 Å². The summed E-state index contributed by atoms with van der Waals surface area (Å²) in [6.07, 6.45) is 7.37. The quantitative estimate of drug-likeness (QED) is 0.868. The molecule has 0 saturated heterocycles. The second-order valence-electron chi connectivity index (χ2n) is 5.22. The molecule has 1 fully saturated rings. The maximum atomic E-state index is 11.3. The molecule has 1 aliphatic carbocycles. The minimum absolute atomic E-state index is 0.288. The maximum absolute atomic E-state index is 11.3. The molecule has 2 aromatic rings. The number of carbonyl (C=O) groups is 1. The van der Waals surface area contributed by atoms with Gasteiger partial charge in [-0.15, -0.1) is 0 Å². The van der Waals surface area contributed by atoms with E-state index in [2.05, 4.69) is 15.0 Å². The van der Waals surface area contributed by atoms with Gasteiger partial charge in [-0.05, 0) is 19.8 Å². The second-order valence-corrected chi connectivity index (χ2v) is 5.22. The van der Waals surface area contributed by atoms with Crippen molar-refractivity contribution in [3.8, 4) is 0 Å². The van der Waals surface area contributed by atoms with E-state index >= 15 is 0 Å². The molecule has 2 heterocycles. The third kappa shape index (κ3) is 2.09. The van der Waals surface area contributed by atoms with E-state index < -0.39 is 5.97 Å². The fraction of sp³-hybridized carbons (Fsp3) is 0.500. The number of aromatic amines is 1. The molecule has 0 atom stereocenters. The minimum atomic E-state index is -0.921. The lowest BCUT2D eigenvalue weighted by molar-refractivity contribution is 0.0699. The van der Waals surface area contributed by atoms with Crippen LogP contribution in [0.4, 0.5) is 0 Å². The molecule has 0 spiro atoms. The summed E-state index contributed by atoms with van der Waals surface area (Å²) < 4.78 is 0. The zero-order chi connectivity index (χ0) is 13.4. The molecule has 0 aliphatic heterocycles. The first-order valence-electron chi connectivity index (χ1n) is 6.75. The SMILES string of the molecule is Cc1nc(C2CCCCC2)c2c(C(=O)O)c[nH]c2n1. The smallest absolute Gasteiger partial charge is 0.338 e. The monoisotopic (exact) mass is 259 g/mol. The average Bonchev–Trinajstić information content (AvgIpc) is 2.82. The number of nitrogens with one attached hydrogen (secondary N) is 1. The Balaban J connectivity index is 2.19. The van der Waals surface area contributed by atoms with Gasteiger partial charge in [-0.2, -0.15) is 0 Å². The number of aromatic carboxylic acids is 1. The zero-order valence-corrected chi connectivity index (χ0v) is 10.9. The number of carboxylic acid groups (broad SMARTS) is 1. The summed E-state index contributed by atoms with van der Waals surface area (Å²) >= 11 is 0. The van der Waals surface area contributed by atoms with E-state index in [4.69, 9.17) is 0 Å². The Hall–Kier alpha value is -1.91. The highest BCUT2D eigenvalue weighted by molar-refractivity contribution is 6.03. The molecule has 0 bridgehead atoms. The van der Waals surface area contributed by atoms with E-state index in [1.54, 1.807) is 0 Å². The molecule has 1 saturated carbocycles. The van der Waals surface area contributed by atoms with Gasteiger partial charge < -0.3 is 10.1 Å². The van der Waals surface area contributed by atoms with Gasteiger partial charge in [0.05, 0.1) is 16.6 Å².